The second-order valence-electron chi connectivity index (χ2n) is 9.93. The molecule has 3 saturated carbocycles. The van der Waals surface area contributed by atoms with Crippen LogP contribution >= 0.6 is 0 Å². The van der Waals surface area contributed by atoms with Crippen molar-refractivity contribution in [3.05, 3.63) is 23.8 Å². The van der Waals surface area contributed by atoms with Gasteiger partial charge >= 0.3 is 0 Å². The summed E-state index contributed by atoms with van der Waals surface area (Å²) in [6.07, 6.45) is 4.58. The molecule has 0 aromatic carbocycles. The van der Waals surface area contributed by atoms with Crippen LogP contribution < -0.4 is 0 Å². The molecular weight excluding hydrogens is 347 g/mol. The summed E-state index contributed by atoms with van der Waals surface area (Å²) in [5.74, 6) is -1.16. The number of halogens is 1. The Kier molecular flexibility index (Phi) is 3.79. The first-order valence-corrected chi connectivity index (χ1v) is 9.97. The van der Waals surface area contributed by atoms with Crippen LogP contribution in [0.5, 0.6) is 0 Å². The van der Waals surface area contributed by atoms with E-state index in [1.54, 1.807) is 19.9 Å². The Labute approximate surface area is 159 Å². The minimum absolute atomic E-state index is 0.00130. The highest BCUT2D eigenvalue weighted by Gasteiger charge is 2.72. The molecule has 2 N–H and O–H groups in total. The third kappa shape index (κ3) is 2.16. The van der Waals surface area contributed by atoms with Crippen LogP contribution in [-0.4, -0.2) is 39.2 Å². The number of Topliss-reactive ketones (excluding diaryl/α,β-unsaturated/α-hetero) is 1. The van der Waals surface area contributed by atoms with Crippen LogP contribution in [0.2, 0.25) is 0 Å². The molecule has 4 aliphatic carbocycles. The van der Waals surface area contributed by atoms with Gasteiger partial charge in [0.1, 0.15) is 5.60 Å². The lowest BCUT2D eigenvalue weighted by Crippen LogP contribution is -2.71. The zero-order chi connectivity index (χ0) is 20.0. The Bertz CT molecular complexity index is 783. The Hall–Kier alpha value is -1.33. The highest BCUT2D eigenvalue weighted by atomic mass is 19.1. The van der Waals surface area contributed by atoms with Crippen molar-refractivity contribution in [3.63, 3.8) is 0 Å². The molecule has 0 spiro atoms. The number of fused-ring (bicyclic) bond motifs is 5. The van der Waals surface area contributed by atoms with E-state index in [0.29, 0.717) is 19.3 Å². The van der Waals surface area contributed by atoms with Crippen molar-refractivity contribution in [2.75, 3.05) is 0 Å². The normalized spacial score (nSPS) is 54.7. The summed E-state index contributed by atoms with van der Waals surface area (Å²) >= 11 is 0. The average molecular weight is 376 g/mol. The third-order valence-electron chi connectivity index (χ3n) is 8.31. The lowest BCUT2D eigenvalue weighted by molar-refractivity contribution is -0.218. The first kappa shape index (κ1) is 19.0. The molecular formula is C22H29FO4. The van der Waals surface area contributed by atoms with E-state index in [1.165, 1.54) is 19.1 Å². The molecule has 148 valence electrons. The lowest BCUT2D eigenvalue weighted by atomic mass is 9.41. The zero-order valence-electron chi connectivity index (χ0n) is 16.5. The van der Waals surface area contributed by atoms with Crippen molar-refractivity contribution in [1.82, 2.24) is 0 Å². The first-order valence-electron chi connectivity index (χ1n) is 9.97. The molecule has 8 atom stereocenters. The van der Waals surface area contributed by atoms with Crippen LogP contribution in [0.3, 0.4) is 0 Å². The largest absolute Gasteiger partial charge is 0.390 e. The summed E-state index contributed by atoms with van der Waals surface area (Å²) in [6.45, 7) is 7.09. The van der Waals surface area contributed by atoms with E-state index in [4.69, 9.17) is 0 Å². The summed E-state index contributed by atoms with van der Waals surface area (Å²) in [6, 6.07) is 0. The molecule has 0 heterocycles. The fraction of sp³-hybridized carbons (Fsp3) is 0.727. The number of aliphatic hydroxyl groups excluding tert-OH is 1. The molecule has 27 heavy (non-hydrogen) atoms. The smallest absolute Gasteiger partial charge is 0.178 e. The fourth-order valence-corrected chi connectivity index (χ4v) is 6.91. The highest BCUT2D eigenvalue weighted by molar-refractivity contribution is 6.01. The molecule has 4 rings (SSSR count). The Morgan fingerprint density at radius 2 is 1.85 bits per heavy atom. The van der Waals surface area contributed by atoms with E-state index in [1.807, 2.05) is 6.92 Å². The van der Waals surface area contributed by atoms with Gasteiger partial charge in [0, 0.05) is 16.7 Å². The predicted octanol–water partition coefficient (Wildman–Crippen LogP) is 2.92. The predicted molar refractivity (Wildman–Crippen MR) is 98.5 cm³/mol. The van der Waals surface area contributed by atoms with Gasteiger partial charge in [-0.1, -0.05) is 25.5 Å². The van der Waals surface area contributed by atoms with Crippen molar-refractivity contribution in [2.24, 2.45) is 28.6 Å². The van der Waals surface area contributed by atoms with E-state index in [-0.39, 0.29) is 29.8 Å². The molecule has 1 unspecified atom stereocenters. The number of ketones is 2. The second-order valence-corrected chi connectivity index (χ2v) is 9.93. The number of hydrogen-bond acceptors (Lipinski definition) is 4. The van der Waals surface area contributed by atoms with E-state index in [9.17, 15) is 19.8 Å². The fourth-order valence-electron chi connectivity index (χ4n) is 6.91. The van der Waals surface area contributed by atoms with Crippen LogP contribution in [0.25, 0.3) is 0 Å². The van der Waals surface area contributed by atoms with Gasteiger partial charge in [0.15, 0.2) is 17.2 Å². The second kappa shape index (κ2) is 5.38. The number of aliphatic hydroxyl groups is 2. The van der Waals surface area contributed by atoms with Gasteiger partial charge in [-0.2, -0.15) is 0 Å². The van der Waals surface area contributed by atoms with Gasteiger partial charge < -0.3 is 10.2 Å². The SMILES string of the molecule is C[C@H]1CC2[C@@H]3CC[C@](C)(O)C(=O)[C@@]3(C)C[C@H](O)[C@]2(F)[C@@]2(C)C=CC(=O)C=C12. The molecule has 0 aromatic heterocycles. The number of allylic oxidation sites excluding steroid dienone is 4. The molecule has 0 aliphatic heterocycles. The van der Waals surface area contributed by atoms with Gasteiger partial charge in [0.25, 0.3) is 0 Å². The molecule has 4 nitrogen and oxygen atoms in total. The maximum absolute atomic E-state index is 16.9. The Balaban J connectivity index is 1.85. The van der Waals surface area contributed by atoms with Crippen LogP contribution in [0.15, 0.2) is 23.8 Å². The van der Waals surface area contributed by atoms with Gasteiger partial charge in [-0.15, -0.1) is 0 Å². The van der Waals surface area contributed by atoms with Gasteiger partial charge in [0.2, 0.25) is 0 Å². The van der Waals surface area contributed by atoms with Crippen molar-refractivity contribution >= 4 is 11.6 Å². The third-order valence-corrected chi connectivity index (χ3v) is 8.31. The molecule has 0 bridgehead atoms. The molecule has 0 radical (unpaired) electrons. The summed E-state index contributed by atoms with van der Waals surface area (Å²) < 4.78 is 16.9. The van der Waals surface area contributed by atoms with Gasteiger partial charge in [-0.3, -0.25) is 9.59 Å². The Morgan fingerprint density at radius 1 is 1.19 bits per heavy atom. The molecule has 0 aromatic rings. The van der Waals surface area contributed by atoms with Gasteiger partial charge in [-0.05, 0) is 63.5 Å². The molecule has 0 saturated heterocycles. The highest BCUT2D eigenvalue weighted by Crippen LogP contribution is 2.67. The van der Waals surface area contributed by atoms with Crippen LogP contribution in [0.1, 0.15) is 53.4 Å². The van der Waals surface area contributed by atoms with Crippen molar-refractivity contribution in [2.45, 2.75) is 70.8 Å². The van der Waals surface area contributed by atoms with E-state index in [2.05, 4.69) is 0 Å². The molecule has 4 aliphatic rings. The minimum atomic E-state index is -1.93. The molecule has 5 heteroatoms. The van der Waals surface area contributed by atoms with Crippen LogP contribution in [0.4, 0.5) is 4.39 Å². The number of carbonyl (C=O) groups excluding carboxylic acids is 2. The van der Waals surface area contributed by atoms with Crippen molar-refractivity contribution in [3.8, 4) is 0 Å². The van der Waals surface area contributed by atoms with Crippen molar-refractivity contribution < 1.29 is 24.2 Å². The van der Waals surface area contributed by atoms with Gasteiger partial charge in [-0.25, -0.2) is 4.39 Å². The first-order chi connectivity index (χ1) is 12.4. The lowest BCUT2D eigenvalue weighted by Gasteiger charge is -2.65. The number of carbonyl (C=O) groups is 2. The number of rotatable bonds is 0. The topological polar surface area (TPSA) is 74.6 Å². The maximum atomic E-state index is 16.9. The van der Waals surface area contributed by atoms with E-state index in [0.717, 1.165) is 5.57 Å². The molecule has 0 amide bonds. The van der Waals surface area contributed by atoms with E-state index >= 15 is 4.39 Å². The summed E-state index contributed by atoms with van der Waals surface area (Å²) in [7, 11) is 0. The summed E-state index contributed by atoms with van der Waals surface area (Å²) in [4.78, 5) is 25.0. The van der Waals surface area contributed by atoms with Gasteiger partial charge in [0.05, 0.1) is 6.10 Å². The standard InChI is InChI=1S/C22H29FO4/c1-12-9-16-14-6-8-21(4,27)18(26)19(14,2)11-17(25)22(16,23)20(3)7-5-13(24)10-15(12)20/h5,7,10,12,14,16-17,25,27H,6,8-9,11H2,1-4H3/t12-,14-,16?,17-,19-,20-,21-,22-/m0/s1. The summed E-state index contributed by atoms with van der Waals surface area (Å²) in [5, 5.41) is 21.6. The minimum Gasteiger partial charge on any atom is -0.390 e. The average Bonchev–Trinajstić information content (AvgIpc) is 2.58. The van der Waals surface area contributed by atoms with Crippen molar-refractivity contribution in [1.29, 1.82) is 0 Å². The maximum Gasteiger partial charge on any atom is 0.178 e. The Morgan fingerprint density at radius 3 is 2.52 bits per heavy atom. The number of alkyl halides is 1. The monoisotopic (exact) mass is 376 g/mol. The number of hydrogen-bond donors (Lipinski definition) is 2. The van der Waals surface area contributed by atoms with E-state index < -0.39 is 34.1 Å². The van der Waals surface area contributed by atoms with Crippen LogP contribution in [-0.2, 0) is 9.59 Å². The molecule has 3 fully saturated rings. The van der Waals surface area contributed by atoms with Crippen LogP contribution in [0, 0.1) is 28.6 Å². The zero-order valence-corrected chi connectivity index (χ0v) is 16.5. The quantitative estimate of drug-likeness (QED) is 0.682. The summed E-state index contributed by atoms with van der Waals surface area (Å²) in [5.41, 5.74) is -4.62.